The van der Waals surface area contributed by atoms with Gasteiger partial charge in [0.15, 0.2) is 0 Å². The molecule has 34 valence electrons. The molecule has 0 rings (SSSR count). The molecule has 0 radical (unpaired) electrons. The largest absolute Gasteiger partial charge is 0.337 e. The van der Waals surface area contributed by atoms with E-state index in [1.165, 1.54) is 0 Å². The summed E-state index contributed by atoms with van der Waals surface area (Å²) in [5.74, 6) is 0. The van der Waals surface area contributed by atoms with Crippen LogP contribution in [0.5, 0.6) is 0 Å². The molecule has 0 heterocycles. The molecule has 0 aromatic heterocycles. The van der Waals surface area contributed by atoms with E-state index in [-0.39, 0.29) is 0 Å². The van der Waals surface area contributed by atoms with Gasteiger partial charge in [0.05, 0.1) is 5.29 Å². The third-order valence-electron chi connectivity index (χ3n) is 0.100. The fourth-order valence-electron chi connectivity index (χ4n) is 0.0272. The van der Waals surface area contributed by atoms with Crippen LogP contribution in [-0.2, 0) is 10.5 Å². The van der Waals surface area contributed by atoms with Crippen LogP contribution in [0.3, 0.4) is 0 Å². The summed E-state index contributed by atoms with van der Waals surface area (Å²) in [6.45, 7) is 0. The number of rotatable bonds is 1. The molecule has 0 saturated carbocycles. The predicted octanol–water partition coefficient (Wildman–Crippen LogP) is -0.269. The first-order valence-corrected chi connectivity index (χ1v) is 1.93. The van der Waals surface area contributed by atoms with Gasteiger partial charge >= 0.3 is 10.5 Å². The lowest BCUT2D eigenvalue weighted by Crippen LogP contribution is -1.46. The molecule has 0 amide bonds. The van der Waals surface area contributed by atoms with Crippen molar-refractivity contribution >= 4 is 10.5 Å². The van der Waals surface area contributed by atoms with Crippen molar-refractivity contribution in [1.82, 2.24) is 0 Å². The summed E-state index contributed by atoms with van der Waals surface area (Å²) in [6, 6.07) is 0. The summed E-state index contributed by atoms with van der Waals surface area (Å²) < 4.78 is 20.4. The Morgan fingerprint density at radius 3 is 1.83 bits per heavy atom. The van der Waals surface area contributed by atoms with Gasteiger partial charge in [-0.2, -0.15) is 8.42 Å². The van der Waals surface area contributed by atoms with Crippen molar-refractivity contribution in [1.29, 1.82) is 0 Å². The summed E-state index contributed by atoms with van der Waals surface area (Å²) in [4.78, 5) is 8.81. The minimum absolute atomic E-state index is 1.70. The molecule has 0 N–H and O–H groups in total. The lowest BCUT2D eigenvalue weighted by molar-refractivity contribution is 0.620. The molecule has 5 nitrogen and oxygen atoms in total. The Kier molecular flexibility index (Phi) is 2.14. The normalized spacial score (nSPS) is 6.67. The molecule has 0 fully saturated rings. The Hall–Kier alpha value is -0.780. The Bertz CT molecular complexity index is 144. The second kappa shape index (κ2) is 2.46. The number of hydrogen-bond acceptors (Lipinski definition) is 3. The zero-order valence-electron chi connectivity index (χ0n) is 2.53. The third kappa shape index (κ3) is 3.22. The van der Waals surface area contributed by atoms with Crippen LogP contribution in [0.1, 0.15) is 0 Å². The van der Waals surface area contributed by atoms with Crippen molar-refractivity contribution in [2.45, 2.75) is 0 Å². The van der Waals surface area contributed by atoms with E-state index in [1.807, 2.05) is 0 Å². The molecule has 0 spiro atoms. The molecule has 0 aliphatic rings. The molecular formula is N2O3S. The monoisotopic (exact) mass is 108 g/mol. The Morgan fingerprint density at radius 2 is 1.83 bits per heavy atom. The lowest BCUT2D eigenvalue weighted by atomic mass is 12.9. The van der Waals surface area contributed by atoms with Gasteiger partial charge in [-0.15, -0.1) is 4.91 Å². The van der Waals surface area contributed by atoms with Crippen LogP contribution in [0.4, 0.5) is 0 Å². The van der Waals surface area contributed by atoms with Crippen LogP contribution >= 0.6 is 0 Å². The number of hydrogen-bond donors (Lipinski definition) is 0. The summed E-state index contributed by atoms with van der Waals surface area (Å²) in [5, 5.41) is 1.70. The molecule has 0 aliphatic carbocycles. The lowest BCUT2D eigenvalue weighted by Gasteiger charge is -1.41. The molecule has 0 aromatic rings. The topological polar surface area (TPSA) is 75.9 Å². The van der Waals surface area contributed by atoms with Gasteiger partial charge in [-0.3, -0.25) is 0 Å². The second-order valence-corrected chi connectivity index (χ2v) is 0.978. The molecule has 0 aliphatic heterocycles. The van der Waals surface area contributed by atoms with Gasteiger partial charge in [0.25, 0.3) is 0 Å². The maximum absolute atomic E-state index is 9.14. The van der Waals surface area contributed by atoms with Crippen LogP contribution in [0.25, 0.3) is 0 Å². The summed E-state index contributed by atoms with van der Waals surface area (Å²) >= 11 is 0. The summed E-state index contributed by atoms with van der Waals surface area (Å²) in [6.07, 6.45) is 0. The minimum atomic E-state index is -2.67. The maximum Gasteiger partial charge on any atom is 0.337 e. The van der Waals surface area contributed by atoms with Gasteiger partial charge in [-0.1, -0.05) is 0 Å². The minimum Gasteiger partial charge on any atom is -0.162 e. The number of nitroso groups, excluding NO2 is 1. The molecule has 6 heavy (non-hydrogen) atoms. The van der Waals surface area contributed by atoms with Gasteiger partial charge in [0, 0.05) is 4.47 Å². The first kappa shape index (κ1) is 5.22. The van der Waals surface area contributed by atoms with Crippen LogP contribution in [0, 0.1) is 4.91 Å². The zero-order valence-corrected chi connectivity index (χ0v) is 3.34. The predicted molar refractivity (Wildman–Crippen MR) is 17.1 cm³/mol. The number of nitrogens with zero attached hydrogens (tertiary/aromatic N) is 2. The van der Waals surface area contributed by atoms with E-state index in [1.54, 1.807) is 5.29 Å². The highest BCUT2D eigenvalue weighted by Gasteiger charge is 1.59. The van der Waals surface area contributed by atoms with E-state index >= 15 is 0 Å². The van der Waals surface area contributed by atoms with E-state index in [0.717, 1.165) is 0 Å². The van der Waals surface area contributed by atoms with E-state index in [2.05, 4.69) is 4.47 Å². The molecule has 0 bridgehead atoms. The van der Waals surface area contributed by atoms with Gasteiger partial charge in [0.2, 0.25) is 0 Å². The summed E-state index contributed by atoms with van der Waals surface area (Å²) in [7, 11) is -2.67. The highest BCUT2D eigenvalue weighted by atomic mass is 32.2. The average Bonchev–Trinajstić information content (AvgIpc) is 1.35. The van der Waals surface area contributed by atoms with Crippen molar-refractivity contribution < 1.29 is 8.42 Å². The van der Waals surface area contributed by atoms with Gasteiger partial charge in [0.1, 0.15) is 0 Å². The van der Waals surface area contributed by atoms with E-state index in [4.69, 9.17) is 13.3 Å². The first-order valence-electron chi connectivity index (χ1n) is 0.898. The van der Waals surface area contributed by atoms with Crippen molar-refractivity contribution in [3.05, 3.63) is 4.91 Å². The molecule has 0 atom stereocenters. The van der Waals surface area contributed by atoms with Gasteiger partial charge in [-0.25, -0.2) is 0 Å². The quantitative estimate of drug-likeness (QED) is 0.342. The Balaban J connectivity index is 4.17. The second-order valence-electron chi connectivity index (χ2n) is 0.380. The fourth-order valence-corrected chi connectivity index (χ4v) is 0.0816. The molecule has 0 aromatic carbocycles. The Labute approximate surface area is 34.6 Å². The first-order chi connectivity index (χ1) is 2.77. The highest BCUT2D eigenvalue weighted by molar-refractivity contribution is 7.61. The summed E-state index contributed by atoms with van der Waals surface area (Å²) in [5.41, 5.74) is 0. The van der Waals surface area contributed by atoms with Crippen LogP contribution < -0.4 is 0 Å². The van der Waals surface area contributed by atoms with Gasteiger partial charge in [-0.05, 0) is 0 Å². The molecular weight excluding hydrogens is 108 g/mol. The van der Waals surface area contributed by atoms with Crippen molar-refractivity contribution in [3.8, 4) is 0 Å². The molecule has 0 unspecified atom stereocenters. The fraction of sp³-hybridized carbons (Fsp3) is 0. The van der Waals surface area contributed by atoms with Crippen molar-refractivity contribution in [2.75, 3.05) is 0 Å². The third-order valence-corrected chi connectivity index (χ3v) is 0.300. The smallest absolute Gasteiger partial charge is 0.162 e. The van der Waals surface area contributed by atoms with E-state index in [0.29, 0.717) is 0 Å². The van der Waals surface area contributed by atoms with E-state index < -0.39 is 10.5 Å². The molecule has 6 heteroatoms. The Morgan fingerprint density at radius 1 is 1.33 bits per heavy atom. The molecule has 0 saturated heterocycles. The SMILES string of the molecule is O=NN=S(=O)=O. The van der Waals surface area contributed by atoms with Crippen LogP contribution in [0.15, 0.2) is 9.76 Å². The standard InChI is InChI=1S/N2O3S/c3-1-2-6(4)5. The zero-order chi connectivity index (χ0) is 4.99. The van der Waals surface area contributed by atoms with Crippen molar-refractivity contribution in [3.63, 3.8) is 0 Å². The van der Waals surface area contributed by atoms with Crippen molar-refractivity contribution in [2.24, 2.45) is 9.76 Å². The van der Waals surface area contributed by atoms with Gasteiger partial charge < -0.3 is 0 Å². The van der Waals surface area contributed by atoms with Crippen LogP contribution in [0.2, 0.25) is 0 Å². The maximum atomic E-state index is 9.14. The average molecular weight is 108 g/mol. The van der Waals surface area contributed by atoms with Crippen LogP contribution in [-0.4, -0.2) is 8.42 Å². The highest BCUT2D eigenvalue weighted by Crippen LogP contribution is 1.58. The van der Waals surface area contributed by atoms with E-state index in [9.17, 15) is 0 Å².